The Morgan fingerprint density at radius 3 is 2.76 bits per heavy atom. The van der Waals surface area contributed by atoms with Gasteiger partial charge in [0.25, 0.3) is 0 Å². The highest BCUT2D eigenvalue weighted by molar-refractivity contribution is 5.21. The van der Waals surface area contributed by atoms with Crippen molar-refractivity contribution in [1.82, 2.24) is 19.3 Å². The maximum absolute atomic E-state index is 5.67. The molecule has 0 aliphatic carbocycles. The average molecular weight is 233 g/mol. The van der Waals surface area contributed by atoms with Crippen LogP contribution in [0.15, 0.2) is 18.6 Å². The molecule has 2 N–H and O–H groups in total. The first-order valence-corrected chi connectivity index (χ1v) is 5.86. The van der Waals surface area contributed by atoms with Crippen LogP contribution in [0, 0.1) is 6.92 Å². The molecule has 17 heavy (non-hydrogen) atoms. The van der Waals surface area contributed by atoms with Gasteiger partial charge < -0.3 is 10.3 Å². The molecule has 0 amide bonds. The van der Waals surface area contributed by atoms with E-state index in [4.69, 9.17) is 5.73 Å². The highest BCUT2D eigenvalue weighted by atomic mass is 15.4. The van der Waals surface area contributed by atoms with Gasteiger partial charge in [0.2, 0.25) is 0 Å². The first-order chi connectivity index (χ1) is 8.13. The van der Waals surface area contributed by atoms with Gasteiger partial charge in [0.15, 0.2) is 0 Å². The maximum Gasteiger partial charge on any atom is 0.147 e. The zero-order valence-electron chi connectivity index (χ0n) is 10.6. The molecule has 5 nitrogen and oxygen atoms in total. The van der Waals surface area contributed by atoms with E-state index in [0.717, 1.165) is 12.4 Å². The van der Waals surface area contributed by atoms with Crippen LogP contribution in [0.1, 0.15) is 37.0 Å². The third-order valence-corrected chi connectivity index (χ3v) is 3.02. The van der Waals surface area contributed by atoms with Crippen molar-refractivity contribution >= 4 is 0 Å². The first-order valence-electron chi connectivity index (χ1n) is 5.86. The van der Waals surface area contributed by atoms with Crippen LogP contribution in [-0.2, 0) is 13.1 Å². The average Bonchev–Trinajstić information content (AvgIpc) is 2.88. The molecule has 0 aliphatic rings. The van der Waals surface area contributed by atoms with Crippen LogP contribution in [0.3, 0.4) is 0 Å². The van der Waals surface area contributed by atoms with Gasteiger partial charge in [-0.25, -0.2) is 9.67 Å². The molecule has 0 aromatic carbocycles. The Morgan fingerprint density at radius 2 is 2.18 bits per heavy atom. The van der Waals surface area contributed by atoms with Crippen molar-refractivity contribution in [2.45, 2.75) is 39.9 Å². The predicted molar refractivity (Wildman–Crippen MR) is 66.6 cm³/mol. The fraction of sp³-hybridized carbons (Fsp3) is 0.500. The molecule has 0 unspecified atom stereocenters. The molecule has 0 spiro atoms. The van der Waals surface area contributed by atoms with Gasteiger partial charge >= 0.3 is 0 Å². The Hall–Kier alpha value is -1.62. The summed E-state index contributed by atoms with van der Waals surface area (Å²) in [6.07, 6.45) is 3.66. The number of nitrogens with zero attached hydrogens (tertiary/aromatic N) is 4. The predicted octanol–water partition coefficient (Wildman–Crippen LogP) is 1.48. The zero-order valence-corrected chi connectivity index (χ0v) is 10.6. The normalized spacial score (nSPS) is 11.4. The lowest BCUT2D eigenvalue weighted by Crippen LogP contribution is -2.12. The molecule has 0 radical (unpaired) electrons. The lowest BCUT2D eigenvalue weighted by Gasteiger charge is -2.11. The summed E-state index contributed by atoms with van der Waals surface area (Å²) in [6, 6.07) is 2.39. The van der Waals surface area contributed by atoms with Crippen LogP contribution in [-0.4, -0.2) is 19.3 Å². The first kappa shape index (κ1) is 11.9. The smallest absolute Gasteiger partial charge is 0.147 e. The van der Waals surface area contributed by atoms with Crippen molar-refractivity contribution in [3.63, 3.8) is 0 Å². The number of nitrogens with two attached hydrogens (primary N) is 1. The molecule has 92 valence electrons. The van der Waals surface area contributed by atoms with Gasteiger partial charge in [-0.2, -0.15) is 5.10 Å². The monoisotopic (exact) mass is 233 g/mol. The molecule has 0 fully saturated rings. The molecule has 0 saturated heterocycles. The van der Waals surface area contributed by atoms with Crippen LogP contribution >= 0.6 is 0 Å². The van der Waals surface area contributed by atoms with E-state index < -0.39 is 0 Å². The second-order valence-corrected chi connectivity index (χ2v) is 4.47. The maximum atomic E-state index is 5.67. The summed E-state index contributed by atoms with van der Waals surface area (Å²) in [5, 5.41) is 4.24. The summed E-state index contributed by atoms with van der Waals surface area (Å²) in [5.41, 5.74) is 8.05. The van der Waals surface area contributed by atoms with Crippen LogP contribution in [0.25, 0.3) is 0 Å². The minimum Gasteiger partial charge on any atom is -0.344 e. The molecule has 0 saturated carbocycles. The second kappa shape index (κ2) is 4.71. The molecule has 2 aromatic heterocycles. The topological polar surface area (TPSA) is 61.7 Å². The van der Waals surface area contributed by atoms with Crippen molar-refractivity contribution in [3.05, 3.63) is 35.7 Å². The highest BCUT2D eigenvalue weighted by Crippen LogP contribution is 2.12. The lowest BCUT2D eigenvalue weighted by molar-refractivity contribution is 0.495. The zero-order chi connectivity index (χ0) is 12.4. The summed E-state index contributed by atoms with van der Waals surface area (Å²) in [4.78, 5) is 4.31. The van der Waals surface area contributed by atoms with E-state index in [0.29, 0.717) is 12.6 Å². The molecular formula is C12H19N5. The van der Waals surface area contributed by atoms with Gasteiger partial charge in [-0.1, -0.05) is 0 Å². The van der Waals surface area contributed by atoms with E-state index in [1.54, 1.807) is 6.33 Å². The number of aromatic nitrogens is 4. The summed E-state index contributed by atoms with van der Waals surface area (Å²) in [7, 11) is 0. The van der Waals surface area contributed by atoms with Gasteiger partial charge in [0.1, 0.15) is 12.2 Å². The van der Waals surface area contributed by atoms with E-state index in [1.165, 1.54) is 11.3 Å². The van der Waals surface area contributed by atoms with Gasteiger partial charge in [-0.05, 0) is 32.4 Å². The summed E-state index contributed by atoms with van der Waals surface area (Å²) in [5.74, 6) is 0.974. The molecule has 2 aromatic rings. The van der Waals surface area contributed by atoms with Crippen molar-refractivity contribution in [3.8, 4) is 0 Å². The Kier molecular flexibility index (Phi) is 3.28. The minimum absolute atomic E-state index is 0.331. The molecule has 0 aliphatic heterocycles. The van der Waals surface area contributed by atoms with Crippen LogP contribution in [0.2, 0.25) is 0 Å². The van der Waals surface area contributed by atoms with Crippen molar-refractivity contribution < 1.29 is 0 Å². The Morgan fingerprint density at radius 1 is 1.41 bits per heavy atom. The molecule has 5 heteroatoms. The minimum atomic E-state index is 0.331. The molecule has 0 atom stereocenters. The number of rotatable bonds is 4. The third-order valence-electron chi connectivity index (χ3n) is 3.02. The molecular weight excluding hydrogens is 214 g/mol. The molecule has 2 heterocycles. The van der Waals surface area contributed by atoms with E-state index in [2.05, 4.69) is 47.7 Å². The quantitative estimate of drug-likeness (QED) is 0.870. The van der Waals surface area contributed by atoms with Gasteiger partial charge in [0.05, 0.1) is 6.54 Å². The fourth-order valence-electron chi connectivity index (χ4n) is 1.95. The highest BCUT2D eigenvalue weighted by Gasteiger charge is 2.10. The SMILES string of the molecule is Cc1c(CN)ccn1Cc1ncnn1C(C)C. The Balaban J connectivity index is 2.25. The van der Waals surface area contributed by atoms with Crippen molar-refractivity contribution in [1.29, 1.82) is 0 Å². The second-order valence-electron chi connectivity index (χ2n) is 4.47. The Labute approximate surface area is 101 Å². The molecule has 0 bridgehead atoms. The standard InChI is InChI=1S/C12H19N5/c1-9(2)17-12(14-8-15-17)7-16-5-4-11(6-13)10(16)3/h4-5,8-9H,6-7,13H2,1-3H3. The van der Waals surface area contributed by atoms with Gasteiger partial charge in [-0.15, -0.1) is 0 Å². The lowest BCUT2D eigenvalue weighted by atomic mass is 10.2. The van der Waals surface area contributed by atoms with E-state index in [-0.39, 0.29) is 0 Å². The van der Waals surface area contributed by atoms with Crippen LogP contribution in [0.4, 0.5) is 0 Å². The molecule has 2 rings (SSSR count). The van der Waals surface area contributed by atoms with Crippen LogP contribution in [0.5, 0.6) is 0 Å². The van der Waals surface area contributed by atoms with E-state index in [1.807, 2.05) is 4.68 Å². The van der Waals surface area contributed by atoms with Crippen molar-refractivity contribution in [2.24, 2.45) is 5.73 Å². The van der Waals surface area contributed by atoms with E-state index >= 15 is 0 Å². The van der Waals surface area contributed by atoms with Crippen LogP contribution < -0.4 is 5.73 Å². The summed E-state index contributed by atoms with van der Waals surface area (Å²) >= 11 is 0. The van der Waals surface area contributed by atoms with Crippen molar-refractivity contribution in [2.75, 3.05) is 0 Å². The van der Waals surface area contributed by atoms with Gasteiger partial charge in [-0.3, -0.25) is 0 Å². The summed E-state index contributed by atoms with van der Waals surface area (Å²) < 4.78 is 4.10. The fourth-order valence-corrected chi connectivity index (χ4v) is 1.95. The number of hydrogen-bond donors (Lipinski definition) is 1. The summed E-state index contributed by atoms with van der Waals surface area (Å²) in [6.45, 7) is 7.61. The van der Waals surface area contributed by atoms with Gasteiger partial charge in [0, 0.05) is 24.5 Å². The Bertz CT molecular complexity index is 495. The number of hydrogen-bond acceptors (Lipinski definition) is 3. The largest absolute Gasteiger partial charge is 0.344 e. The van der Waals surface area contributed by atoms with E-state index in [9.17, 15) is 0 Å². The third kappa shape index (κ3) is 2.24.